The number of nitrogens with one attached hydrogen (secondary N) is 1. The van der Waals surface area contributed by atoms with Gasteiger partial charge in [-0.2, -0.15) is 4.99 Å². The number of anilines is 2. The van der Waals surface area contributed by atoms with Gasteiger partial charge in [0.15, 0.2) is 0 Å². The zero-order valence-corrected chi connectivity index (χ0v) is 16.2. The van der Waals surface area contributed by atoms with E-state index in [0.717, 1.165) is 11.8 Å². The zero-order chi connectivity index (χ0) is 21.7. The van der Waals surface area contributed by atoms with E-state index < -0.39 is 17.5 Å². The predicted octanol–water partition coefficient (Wildman–Crippen LogP) is 3.71. The Morgan fingerprint density at radius 3 is 2.50 bits per heavy atom. The Hall–Kier alpha value is -3.94. The SMILES string of the molecule is CNc1cccc(C(=O)N=C(N)c2cc(OCc3cc(F)cc(F)c3)ccc2N)c1. The molecule has 5 N–H and O–H groups in total. The molecular weight excluding hydrogens is 390 g/mol. The van der Waals surface area contributed by atoms with Crippen LogP contribution in [0.4, 0.5) is 20.2 Å². The Balaban J connectivity index is 1.79. The molecular formula is C22H20F2N4O2. The molecule has 6 nitrogen and oxygen atoms in total. The van der Waals surface area contributed by atoms with E-state index in [4.69, 9.17) is 16.2 Å². The van der Waals surface area contributed by atoms with Crippen LogP contribution in [0.2, 0.25) is 0 Å². The molecule has 3 aromatic carbocycles. The van der Waals surface area contributed by atoms with Crippen molar-refractivity contribution in [3.05, 3.63) is 89.0 Å². The van der Waals surface area contributed by atoms with Crippen LogP contribution in [0.25, 0.3) is 0 Å². The molecule has 0 aliphatic carbocycles. The van der Waals surface area contributed by atoms with Gasteiger partial charge in [0.1, 0.15) is 29.8 Å². The average molecular weight is 410 g/mol. The number of benzene rings is 3. The summed E-state index contributed by atoms with van der Waals surface area (Å²) in [4.78, 5) is 16.4. The van der Waals surface area contributed by atoms with Crippen LogP contribution in [0.15, 0.2) is 65.7 Å². The van der Waals surface area contributed by atoms with Gasteiger partial charge in [0.2, 0.25) is 0 Å². The molecule has 1 amide bonds. The predicted molar refractivity (Wildman–Crippen MR) is 113 cm³/mol. The molecule has 0 saturated carbocycles. The summed E-state index contributed by atoms with van der Waals surface area (Å²) >= 11 is 0. The zero-order valence-electron chi connectivity index (χ0n) is 16.2. The number of aliphatic imine (C=N–C) groups is 1. The Morgan fingerprint density at radius 2 is 1.80 bits per heavy atom. The second-order valence-electron chi connectivity index (χ2n) is 6.45. The maximum Gasteiger partial charge on any atom is 0.279 e. The highest BCUT2D eigenvalue weighted by Gasteiger charge is 2.11. The Morgan fingerprint density at radius 1 is 1.07 bits per heavy atom. The first-order valence-corrected chi connectivity index (χ1v) is 8.99. The van der Waals surface area contributed by atoms with Crippen molar-refractivity contribution in [3.63, 3.8) is 0 Å². The molecule has 0 aliphatic heterocycles. The second kappa shape index (κ2) is 9.04. The molecule has 0 aromatic heterocycles. The number of ether oxygens (including phenoxy) is 1. The van der Waals surface area contributed by atoms with Crippen molar-refractivity contribution < 1.29 is 18.3 Å². The number of nitrogens with zero attached hydrogens (tertiary/aromatic N) is 1. The highest BCUT2D eigenvalue weighted by molar-refractivity contribution is 6.11. The highest BCUT2D eigenvalue weighted by Crippen LogP contribution is 2.21. The second-order valence-corrected chi connectivity index (χ2v) is 6.45. The molecule has 0 radical (unpaired) electrons. The fourth-order valence-electron chi connectivity index (χ4n) is 2.75. The van der Waals surface area contributed by atoms with Crippen molar-refractivity contribution in [2.45, 2.75) is 6.61 Å². The Bertz CT molecular complexity index is 1100. The smallest absolute Gasteiger partial charge is 0.279 e. The first-order chi connectivity index (χ1) is 14.4. The maximum absolute atomic E-state index is 13.3. The molecule has 154 valence electrons. The third-order valence-electron chi connectivity index (χ3n) is 4.25. The Labute approximate surface area is 172 Å². The van der Waals surface area contributed by atoms with E-state index in [9.17, 15) is 13.6 Å². The van der Waals surface area contributed by atoms with Gasteiger partial charge in [0.25, 0.3) is 5.91 Å². The lowest BCUT2D eigenvalue weighted by Crippen LogP contribution is -2.18. The molecule has 0 bridgehead atoms. The molecule has 0 fully saturated rings. The minimum absolute atomic E-state index is 0.0647. The number of hydrogen-bond acceptors (Lipinski definition) is 4. The monoisotopic (exact) mass is 410 g/mol. The molecule has 3 rings (SSSR count). The molecule has 0 saturated heterocycles. The number of carbonyl (C=O) groups is 1. The van der Waals surface area contributed by atoms with Crippen LogP contribution in [0.5, 0.6) is 5.75 Å². The summed E-state index contributed by atoms with van der Waals surface area (Å²) < 4.78 is 32.2. The van der Waals surface area contributed by atoms with Gasteiger partial charge < -0.3 is 21.5 Å². The standard InChI is InChI=1S/C22H20F2N4O2/c1-27-17-4-2-3-14(9-17)22(29)28-21(26)19-11-18(5-6-20(19)25)30-12-13-7-15(23)10-16(24)8-13/h2-11,27H,12,25H2,1H3,(H2,26,28,29). The number of amidine groups is 1. The van der Waals surface area contributed by atoms with E-state index in [0.29, 0.717) is 28.1 Å². The summed E-state index contributed by atoms with van der Waals surface area (Å²) in [5.41, 5.74) is 14.0. The van der Waals surface area contributed by atoms with Gasteiger partial charge in [-0.25, -0.2) is 8.78 Å². The number of nitrogen functional groups attached to an aromatic ring is 1. The minimum atomic E-state index is -0.691. The van der Waals surface area contributed by atoms with Gasteiger partial charge in [0.05, 0.1) is 0 Å². The number of carbonyl (C=O) groups excluding carboxylic acids is 1. The van der Waals surface area contributed by atoms with Gasteiger partial charge in [-0.05, 0) is 54.1 Å². The highest BCUT2D eigenvalue weighted by atomic mass is 19.1. The number of amides is 1. The van der Waals surface area contributed by atoms with E-state index in [2.05, 4.69) is 10.3 Å². The van der Waals surface area contributed by atoms with Crippen molar-refractivity contribution in [2.75, 3.05) is 18.1 Å². The van der Waals surface area contributed by atoms with Gasteiger partial charge in [0, 0.05) is 35.6 Å². The third-order valence-corrected chi connectivity index (χ3v) is 4.25. The number of rotatable bonds is 6. The van der Waals surface area contributed by atoms with Crippen LogP contribution >= 0.6 is 0 Å². The van der Waals surface area contributed by atoms with Crippen LogP contribution in [-0.2, 0) is 6.61 Å². The molecule has 0 spiro atoms. The molecule has 0 unspecified atom stereocenters. The minimum Gasteiger partial charge on any atom is -0.489 e. The molecule has 0 aliphatic rings. The summed E-state index contributed by atoms with van der Waals surface area (Å²) in [6, 6.07) is 14.6. The third kappa shape index (κ3) is 5.11. The quantitative estimate of drug-likeness (QED) is 0.327. The molecule has 0 heterocycles. The number of nitrogens with two attached hydrogens (primary N) is 2. The van der Waals surface area contributed by atoms with Gasteiger partial charge >= 0.3 is 0 Å². The van der Waals surface area contributed by atoms with Crippen molar-refractivity contribution >= 4 is 23.1 Å². The van der Waals surface area contributed by atoms with E-state index >= 15 is 0 Å². The van der Waals surface area contributed by atoms with E-state index in [1.165, 1.54) is 18.2 Å². The van der Waals surface area contributed by atoms with E-state index in [-0.39, 0.29) is 12.4 Å². The summed E-state index contributed by atoms with van der Waals surface area (Å²) in [5, 5.41) is 2.94. The van der Waals surface area contributed by atoms with Crippen molar-refractivity contribution in [1.82, 2.24) is 0 Å². The summed E-state index contributed by atoms with van der Waals surface area (Å²) in [7, 11) is 1.74. The maximum atomic E-state index is 13.3. The van der Waals surface area contributed by atoms with Crippen molar-refractivity contribution in [3.8, 4) is 5.75 Å². The normalized spacial score (nSPS) is 11.2. The van der Waals surface area contributed by atoms with Crippen LogP contribution in [0, 0.1) is 11.6 Å². The molecule has 30 heavy (non-hydrogen) atoms. The van der Waals surface area contributed by atoms with E-state index in [1.807, 2.05) is 6.07 Å². The fourth-order valence-corrected chi connectivity index (χ4v) is 2.75. The first-order valence-electron chi connectivity index (χ1n) is 8.99. The molecule has 3 aromatic rings. The molecule has 0 atom stereocenters. The molecule has 8 heteroatoms. The lowest BCUT2D eigenvalue weighted by molar-refractivity contribution is 0.100. The average Bonchev–Trinajstić information content (AvgIpc) is 2.72. The van der Waals surface area contributed by atoms with Gasteiger partial charge in [-0.1, -0.05) is 6.07 Å². The topological polar surface area (TPSA) is 103 Å². The van der Waals surface area contributed by atoms with Crippen molar-refractivity contribution in [2.24, 2.45) is 10.7 Å². The fraction of sp³-hybridized carbons (Fsp3) is 0.0909. The van der Waals surface area contributed by atoms with Crippen molar-refractivity contribution in [1.29, 1.82) is 0 Å². The first kappa shape index (κ1) is 20.8. The lowest BCUT2D eigenvalue weighted by atomic mass is 10.1. The van der Waals surface area contributed by atoms with Gasteiger partial charge in [-0.3, -0.25) is 4.79 Å². The number of halogens is 2. The summed E-state index contributed by atoms with van der Waals surface area (Å²) in [5.74, 6) is -1.63. The van der Waals surface area contributed by atoms with Crippen LogP contribution in [0.3, 0.4) is 0 Å². The van der Waals surface area contributed by atoms with Crippen LogP contribution in [-0.4, -0.2) is 18.8 Å². The van der Waals surface area contributed by atoms with E-state index in [1.54, 1.807) is 37.4 Å². The number of hydrogen-bond donors (Lipinski definition) is 3. The summed E-state index contributed by atoms with van der Waals surface area (Å²) in [6.07, 6.45) is 0. The van der Waals surface area contributed by atoms with Gasteiger partial charge in [-0.15, -0.1) is 0 Å². The van der Waals surface area contributed by atoms with Crippen LogP contribution < -0.4 is 21.5 Å². The largest absolute Gasteiger partial charge is 0.489 e. The summed E-state index contributed by atoms with van der Waals surface area (Å²) in [6.45, 7) is -0.0647. The van der Waals surface area contributed by atoms with Crippen LogP contribution in [0.1, 0.15) is 21.5 Å². The lowest BCUT2D eigenvalue weighted by Gasteiger charge is -2.11. The Kier molecular flexibility index (Phi) is 6.26.